The largest absolute Gasteiger partial charge is 0.0999 e. The maximum atomic E-state index is 3.97. The topological polar surface area (TPSA) is 0 Å². The Bertz CT molecular complexity index is 140. The van der Waals surface area contributed by atoms with Gasteiger partial charge in [0, 0.05) is 0 Å². The van der Waals surface area contributed by atoms with E-state index in [4.69, 9.17) is 0 Å². The van der Waals surface area contributed by atoms with Crippen LogP contribution >= 0.6 is 0 Å². The van der Waals surface area contributed by atoms with Crippen molar-refractivity contribution in [2.75, 3.05) is 0 Å². The first kappa shape index (κ1) is 10.5. The van der Waals surface area contributed by atoms with E-state index in [1.807, 2.05) is 0 Å². The van der Waals surface area contributed by atoms with Crippen LogP contribution in [0.2, 0.25) is 0 Å². The van der Waals surface area contributed by atoms with Crippen molar-refractivity contribution in [3.8, 4) is 0 Å². The van der Waals surface area contributed by atoms with Gasteiger partial charge in [0.25, 0.3) is 0 Å². The molecule has 0 aromatic heterocycles. The molecule has 0 aromatic carbocycles. The normalized spacial score (nSPS) is 11.7. The van der Waals surface area contributed by atoms with Crippen molar-refractivity contribution in [2.24, 2.45) is 0 Å². The standard InChI is InChI=1S/C11H20/c1-5-10(3)8-7-9-11(4)6-2/h9H,3,5-8H2,1-2,4H3/b11-9-. The van der Waals surface area contributed by atoms with Crippen molar-refractivity contribution in [3.05, 3.63) is 23.8 Å². The van der Waals surface area contributed by atoms with Gasteiger partial charge in [-0.15, -0.1) is 0 Å². The molecule has 0 bridgehead atoms. The van der Waals surface area contributed by atoms with Crippen molar-refractivity contribution in [1.29, 1.82) is 0 Å². The Balaban J connectivity index is 3.48. The Morgan fingerprint density at radius 2 is 1.91 bits per heavy atom. The lowest BCUT2D eigenvalue weighted by Gasteiger charge is -1.99. The van der Waals surface area contributed by atoms with Crippen LogP contribution in [0.4, 0.5) is 0 Å². The van der Waals surface area contributed by atoms with E-state index in [-0.39, 0.29) is 0 Å². The van der Waals surface area contributed by atoms with Gasteiger partial charge in [0.2, 0.25) is 0 Å². The molecular weight excluding hydrogens is 132 g/mol. The van der Waals surface area contributed by atoms with Gasteiger partial charge in [0.1, 0.15) is 0 Å². The van der Waals surface area contributed by atoms with Gasteiger partial charge in [-0.2, -0.15) is 0 Å². The molecule has 0 aliphatic rings. The van der Waals surface area contributed by atoms with Gasteiger partial charge in [0.15, 0.2) is 0 Å². The highest BCUT2D eigenvalue weighted by Crippen LogP contribution is 2.09. The molecule has 0 nitrogen and oxygen atoms in total. The lowest BCUT2D eigenvalue weighted by atomic mass is 10.1. The van der Waals surface area contributed by atoms with Crippen LogP contribution in [0.25, 0.3) is 0 Å². The molecular formula is C11H20. The van der Waals surface area contributed by atoms with Gasteiger partial charge in [0.05, 0.1) is 0 Å². The summed E-state index contributed by atoms with van der Waals surface area (Å²) in [7, 11) is 0. The number of hydrogen-bond acceptors (Lipinski definition) is 0. The third kappa shape index (κ3) is 5.90. The highest BCUT2D eigenvalue weighted by atomic mass is 13.9. The van der Waals surface area contributed by atoms with Gasteiger partial charge in [-0.3, -0.25) is 0 Å². The van der Waals surface area contributed by atoms with Crippen LogP contribution < -0.4 is 0 Å². The molecule has 0 spiro atoms. The molecule has 64 valence electrons. The Hall–Kier alpha value is -0.520. The van der Waals surface area contributed by atoms with Crippen LogP contribution in [0.15, 0.2) is 23.8 Å². The highest BCUT2D eigenvalue weighted by molar-refractivity contribution is 5.01. The molecule has 0 aromatic rings. The Morgan fingerprint density at radius 3 is 2.36 bits per heavy atom. The fraction of sp³-hybridized carbons (Fsp3) is 0.636. The zero-order chi connectivity index (χ0) is 8.69. The molecule has 0 atom stereocenters. The third-order valence-electron chi connectivity index (χ3n) is 2.05. The molecule has 0 rings (SSSR count). The van der Waals surface area contributed by atoms with Crippen molar-refractivity contribution >= 4 is 0 Å². The average Bonchev–Trinajstić information content (AvgIpc) is 2.04. The minimum atomic E-state index is 1.12. The fourth-order valence-electron chi connectivity index (χ4n) is 0.844. The van der Waals surface area contributed by atoms with Gasteiger partial charge >= 0.3 is 0 Å². The van der Waals surface area contributed by atoms with Crippen LogP contribution in [-0.2, 0) is 0 Å². The Morgan fingerprint density at radius 1 is 1.27 bits per heavy atom. The van der Waals surface area contributed by atoms with E-state index < -0.39 is 0 Å². The summed E-state index contributed by atoms with van der Waals surface area (Å²) >= 11 is 0. The Labute approximate surface area is 71.0 Å². The molecule has 0 heterocycles. The summed E-state index contributed by atoms with van der Waals surface area (Å²) in [6, 6.07) is 0. The monoisotopic (exact) mass is 152 g/mol. The minimum Gasteiger partial charge on any atom is -0.0999 e. The summed E-state index contributed by atoms with van der Waals surface area (Å²) in [5.74, 6) is 0. The zero-order valence-corrected chi connectivity index (χ0v) is 8.11. The molecule has 11 heavy (non-hydrogen) atoms. The van der Waals surface area contributed by atoms with E-state index in [0.717, 1.165) is 12.8 Å². The first-order chi connectivity index (χ1) is 5.20. The highest BCUT2D eigenvalue weighted by Gasteiger charge is 1.88. The average molecular weight is 152 g/mol. The van der Waals surface area contributed by atoms with Gasteiger partial charge in [-0.1, -0.05) is 37.6 Å². The predicted molar refractivity (Wildman–Crippen MR) is 52.7 cm³/mol. The molecule has 0 radical (unpaired) electrons. The zero-order valence-electron chi connectivity index (χ0n) is 8.11. The van der Waals surface area contributed by atoms with E-state index in [9.17, 15) is 0 Å². The minimum absolute atomic E-state index is 1.12. The van der Waals surface area contributed by atoms with E-state index in [1.165, 1.54) is 24.0 Å². The van der Waals surface area contributed by atoms with Crippen molar-refractivity contribution in [1.82, 2.24) is 0 Å². The number of hydrogen-bond donors (Lipinski definition) is 0. The van der Waals surface area contributed by atoms with Crippen LogP contribution in [-0.4, -0.2) is 0 Å². The number of allylic oxidation sites excluding steroid dienone is 3. The van der Waals surface area contributed by atoms with Gasteiger partial charge < -0.3 is 0 Å². The maximum absolute atomic E-state index is 3.97. The summed E-state index contributed by atoms with van der Waals surface area (Å²) in [5, 5.41) is 0. The number of rotatable bonds is 5. The lowest BCUT2D eigenvalue weighted by Crippen LogP contribution is -1.78. The van der Waals surface area contributed by atoms with Crippen LogP contribution in [0, 0.1) is 0 Å². The second-order valence-electron chi connectivity index (χ2n) is 3.05. The summed E-state index contributed by atoms with van der Waals surface area (Å²) in [5.41, 5.74) is 2.86. The van der Waals surface area contributed by atoms with Gasteiger partial charge in [-0.05, 0) is 32.6 Å². The van der Waals surface area contributed by atoms with E-state index in [0.29, 0.717) is 0 Å². The van der Waals surface area contributed by atoms with E-state index in [2.05, 4.69) is 33.4 Å². The third-order valence-corrected chi connectivity index (χ3v) is 2.05. The summed E-state index contributed by atoms with van der Waals surface area (Å²) in [6.07, 6.45) is 6.96. The smallest absolute Gasteiger partial charge is 0.0288 e. The molecule has 0 saturated heterocycles. The van der Waals surface area contributed by atoms with Crippen molar-refractivity contribution in [2.45, 2.75) is 46.5 Å². The van der Waals surface area contributed by atoms with Gasteiger partial charge in [-0.25, -0.2) is 0 Å². The maximum Gasteiger partial charge on any atom is -0.0288 e. The SMILES string of the molecule is C=C(CC)CC/C=C(/C)CC. The second kappa shape index (κ2) is 6.21. The molecule has 0 N–H and O–H groups in total. The predicted octanol–water partition coefficient (Wildman–Crippen LogP) is 4.09. The fourth-order valence-corrected chi connectivity index (χ4v) is 0.844. The van der Waals surface area contributed by atoms with E-state index >= 15 is 0 Å². The van der Waals surface area contributed by atoms with E-state index in [1.54, 1.807) is 0 Å². The summed E-state index contributed by atoms with van der Waals surface area (Å²) in [6.45, 7) is 10.5. The first-order valence-electron chi connectivity index (χ1n) is 4.53. The van der Waals surface area contributed by atoms with Crippen molar-refractivity contribution < 1.29 is 0 Å². The summed E-state index contributed by atoms with van der Waals surface area (Å²) < 4.78 is 0. The molecule has 0 amide bonds. The second-order valence-corrected chi connectivity index (χ2v) is 3.05. The molecule has 0 aliphatic heterocycles. The molecule has 0 heteroatoms. The quantitative estimate of drug-likeness (QED) is 0.520. The first-order valence-corrected chi connectivity index (χ1v) is 4.53. The van der Waals surface area contributed by atoms with Crippen LogP contribution in [0.3, 0.4) is 0 Å². The molecule has 0 fully saturated rings. The van der Waals surface area contributed by atoms with Crippen LogP contribution in [0.1, 0.15) is 46.5 Å². The Kier molecular flexibility index (Phi) is 5.91. The molecule has 0 aliphatic carbocycles. The lowest BCUT2D eigenvalue weighted by molar-refractivity contribution is 0.901. The molecule has 0 unspecified atom stereocenters. The van der Waals surface area contributed by atoms with Crippen LogP contribution in [0.5, 0.6) is 0 Å². The summed E-state index contributed by atoms with van der Waals surface area (Å²) in [4.78, 5) is 0. The van der Waals surface area contributed by atoms with Crippen molar-refractivity contribution in [3.63, 3.8) is 0 Å². The molecule has 0 saturated carbocycles.